The maximum atomic E-state index is 14.2. The average molecular weight is 487 g/mol. The van der Waals surface area contributed by atoms with E-state index in [-0.39, 0.29) is 17.7 Å². The summed E-state index contributed by atoms with van der Waals surface area (Å²) in [5.41, 5.74) is -0.420. The molecule has 2 aromatic heterocycles. The van der Waals surface area contributed by atoms with E-state index in [0.29, 0.717) is 0 Å². The molecule has 0 spiro atoms. The number of rotatable bonds is 10. The first kappa shape index (κ1) is 25.7. The fourth-order valence-electron chi connectivity index (χ4n) is 2.48. The molecule has 33 heavy (non-hydrogen) atoms. The van der Waals surface area contributed by atoms with Gasteiger partial charge >= 0.3 is 12.0 Å². The topological polar surface area (TPSA) is 168 Å². The summed E-state index contributed by atoms with van der Waals surface area (Å²) < 4.78 is 61.2. The Labute approximate surface area is 188 Å². The van der Waals surface area contributed by atoms with Crippen molar-refractivity contribution >= 4 is 28.0 Å². The SMILES string of the molecule is COCC(=O)O[C@H](c1ncccc1S(=O)(=O)NC(=O)Nc1nc(OC)cc(OC)n1)[C@H](C)F. The van der Waals surface area contributed by atoms with Crippen LogP contribution in [0.1, 0.15) is 18.7 Å². The van der Waals surface area contributed by atoms with Gasteiger partial charge in [-0.2, -0.15) is 9.97 Å². The molecule has 0 aromatic carbocycles. The minimum atomic E-state index is -4.60. The summed E-state index contributed by atoms with van der Waals surface area (Å²) in [6, 6.07) is 2.43. The average Bonchev–Trinajstić information content (AvgIpc) is 2.76. The number of sulfonamides is 1. The number of methoxy groups -OCH3 is 3. The Hall–Kier alpha value is -3.59. The summed E-state index contributed by atoms with van der Waals surface area (Å²) in [4.78, 5) is 35.1. The predicted molar refractivity (Wildman–Crippen MR) is 110 cm³/mol. The largest absolute Gasteiger partial charge is 0.481 e. The zero-order valence-corrected chi connectivity index (χ0v) is 18.9. The summed E-state index contributed by atoms with van der Waals surface area (Å²) in [5.74, 6) is -1.15. The first-order chi connectivity index (χ1) is 15.6. The molecular weight excluding hydrogens is 465 g/mol. The van der Waals surface area contributed by atoms with Crippen molar-refractivity contribution in [3.63, 3.8) is 0 Å². The van der Waals surface area contributed by atoms with Gasteiger partial charge in [0.15, 0.2) is 6.10 Å². The number of hydrogen-bond donors (Lipinski definition) is 2. The van der Waals surface area contributed by atoms with Gasteiger partial charge in [-0.15, -0.1) is 0 Å². The second-order valence-electron chi connectivity index (χ2n) is 6.24. The summed E-state index contributed by atoms with van der Waals surface area (Å²) >= 11 is 0. The van der Waals surface area contributed by atoms with Crippen LogP contribution in [0.2, 0.25) is 0 Å². The minimum absolute atomic E-state index is 0.0483. The molecule has 2 aromatic rings. The van der Waals surface area contributed by atoms with E-state index >= 15 is 0 Å². The van der Waals surface area contributed by atoms with Crippen molar-refractivity contribution in [2.75, 3.05) is 33.3 Å². The van der Waals surface area contributed by atoms with Gasteiger partial charge in [0.25, 0.3) is 10.0 Å². The normalized spacial score (nSPS) is 12.9. The number of nitrogens with zero attached hydrogens (tertiary/aromatic N) is 3. The maximum Gasteiger partial charge on any atom is 0.335 e. The van der Waals surface area contributed by atoms with Crippen molar-refractivity contribution in [3.05, 3.63) is 30.1 Å². The molecule has 2 rings (SSSR count). The quantitative estimate of drug-likeness (QED) is 0.458. The Balaban J connectivity index is 2.30. The van der Waals surface area contributed by atoms with Gasteiger partial charge in [0.2, 0.25) is 17.7 Å². The Morgan fingerprint density at radius 1 is 1.15 bits per heavy atom. The fraction of sp³-hybridized carbons (Fsp3) is 0.389. The Bertz CT molecular complexity index is 1080. The smallest absolute Gasteiger partial charge is 0.335 e. The van der Waals surface area contributed by atoms with Crippen molar-refractivity contribution in [2.45, 2.75) is 24.1 Å². The number of ether oxygens (including phenoxy) is 4. The van der Waals surface area contributed by atoms with Gasteiger partial charge in [0.05, 0.1) is 20.3 Å². The molecule has 0 aliphatic carbocycles. The van der Waals surface area contributed by atoms with E-state index in [9.17, 15) is 22.4 Å². The highest BCUT2D eigenvalue weighted by Gasteiger charge is 2.32. The van der Waals surface area contributed by atoms with Crippen LogP contribution in [-0.4, -0.2) is 69.5 Å². The number of urea groups is 1. The van der Waals surface area contributed by atoms with Crippen LogP contribution in [0, 0.1) is 0 Å². The Morgan fingerprint density at radius 2 is 1.79 bits per heavy atom. The highest BCUT2D eigenvalue weighted by molar-refractivity contribution is 7.90. The monoisotopic (exact) mass is 487 g/mol. The van der Waals surface area contributed by atoms with Crippen LogP contribution in [0.25, 0.3) is 0 Å². The van der Waals surface area contributed by atoms with E-state index in [1.807, 2.05) is 0 Å². The Kier molecular flexibility index (Phi) is 8.81. The van der Waals surface area contributed by atoms with Crippen LogP contribution in [0.5, 0.6) is 11.8 Å². The van der Waals surface area contributed by atoms with Crippen molar-refractivity contribution in [1.82, 2.24) is 19.7 Å². The van der Waals surface area contributed by atoms with Crippen LogP contribution in [0.4, 0.5) is 15.1 Å². The summed E-state index contributed by atoms with van der Waals surface area (Å²) in [7, 11) is -0.726. The lowest BCUT2D eigenvalue weighted by atomic mass is 10.1. The number of nitrogens with one attached hydrogen (secondary N) is 2. The van der Waals surface area contributed by atoms with Crippen LogP contribution in [0.3, 0.4) is 0 Å². The zero-order valence-electron chi connectivity index (χ0n) is 18.1. The fourth-order valence-corrected chi connectivity index (χ4v) is 3.58. The van der Waals surface area contributed by atoms with Crippen LogP contribution >= 0.6 is 0 Å². The van der Waals surface area contributed by atoms with Gasteiger partial charge in [-0.05, 0) is 19.1 Å². The van der Waals surface area contributed by atoms with Gasteiger partial charge in [-0.3, -0.25) is 10.3 Å². The highest BCUT2D eigenvalue weighted by Crippen LogP contribution is 2.28. The van der Waals surface area contributed by atoms with E-state index in [2.05, 4.69) is 25.0 Å². The van der Waals surface area contributed by atoms with Gasteiger partial charge in [0.1, 0.15) is 23.4 Å². The minimum Gasteiger partial charge on any atom is -0.481 e. The number of esters is 1. The Morgan fingerprint density at radius 3 is 2.33 bits per heavy atom. The lowest BCUT2D eigenvalue weighted by molar-refractivity contribution is -0.157. The predicted octanol–water partition coefficient (Wildman–Crippen LogP) is 0.988. The molecule has 13 nitrogen and oxygen atoms in total. The first-order valence-electron chi connectivity index (χ1n) is 9.19. The molecule has 2 atom stereocenters. The number of carbonyl (C=O) groups excluding carboxylic acids is 2. The second-order valence-corrected chi connectivity index (χ2v) is 7.89. The third-order valence-electron chi connectivity index (χ3n) is 3.85. The van der Waals surface area contributed by atoms with E-state index in [4.69, 9.17) is 14.2 Å². The molecule has 0 bridgehead atoms. The molecule has 2 amide bonds. The molecule has 2 heterocycles. The number of hydrogen-bond acceptors (Lipinski definition) is 11. The molecular formula is C18H22FN5O8S. The number of amides is 2. The molecule has 0 saturated carbocycles. The number of halogens is 1. The third kappa shape index (κ3) is 6.95. The number of carbonyl (C=O) groups is 2. The molecule has 0 unspecified atom stereocenters. The molecule has 2 N–H and O–H groups in total. The standard InChI is InChI=1S/C18H22FN5O8S/c1-10(19)16(32-14(25)9-29-2)15-11(6-5-7-20-15)33(27,28)24-18(26)23-17-21-12(30-3)8-13(22-17)31-4/h5-8,10,16H,9H2,1-4H3,(H2,21,22,23,24,26)/t10-,16-/m0/s1. The van der Waals surface area contributed by atoms with Gasteiger partial charge in [-0.25, -0.2) is 27.1 Å². The molecule has 0 radical (unpaired) electrons. The molecule has 0 fully saturated rings. The number of pyridine rings is 1. The zero-order chi connectivity index (χ0) is 24.6. The second kappa shape index (κ2) is 11.3. The van der Waals surface area contributed by atoms with E-state index in [0.717, 1.165) is 13.0 Å². The lowest BCUT2D eigenvalue weighted by Gasteiger charge is -2.21. The molecule has 0 aliphatic rings. The van der Waals surface area contributed by atoms with Crippen LogP contribution in [-0.2, 0) is 24.3 Å². The van der Waals surface area contributed by atoms with Gasteiger partial charge in [-0.1, -0.05) is 0 Å². The number of alkyl halides is 1. The van der Waals surface area contributed by atoms with Crippen molar-refractivity contribution in [3.8, 4) is 11.8 Å². The maximum absolute atomic E-state index is 14.2. The van der Waals surface area contributed by atoms with Crippen molar-refractivity contribution < 1.29 is 41.3 Å². The van der Waals surface area contributed by atoms with Gasteiger partial charge < -0.3 is 18.9 Å². The van der Waals surface area contributed by atoms with Crippen molar-refractivity contribution in [2.24, 2.45) is 0 Å². The molecule has 0 aliphatic heterocycles. The van der Waals surface area contributed by atoms with Gasteiger partial charge in [0, 0.05) is 13.3 Å². The molecule has 0 saturated heterocycles. The lowest BCUT2D eigenvalue weighted by Crippen LogP contribution is -2.36. The van der Waals surface area contributed by atoms with E-state index in [1.54, 1.807) is 4.72 Å². The summed E-state index contributed by atoms with van der Waals surface area (Å²) in [6.45, 7) is 0.576. The van der Waals surface area contributed by atoms with Crippen LogP contribution in [0.15, 0.2) is 29.3 Å². The molecule has 15 heteroatoms. The van der Waals surface area contributed by atoms with E-state index < -0.39 is 51.5 Å². The highest BCUT2D eigenvalue weighted by atomic mass is 32.2. The van der Waals surface area contributed by atoms with E-state index in [1.165, 1.54) is 39.7 Å². The third-order valence-corrected chi connectivity index (χ3v) is 5.22. The molecule has 180 valence electrons. The summed E-state index contributed by atoms with van der Waals surface area (Å²) in [6.07, 6.45) is -2.32. The summed E-state index contributed by atoms with van der Waals surface area (Å²) in [5, 5.41) is 2.13. The first-order valence-corrected chi connectivity index (χ1v) is 10.7. The van der Waals surface area contributed by atoms with Crippen molar-refractivity contribution in [1.29, 1.82) is 0 Å². The number of aromatic nitrogens is 3. The van der Waals surface area contributed by atoms with Crippen LogP contribution < -0.4 is 19.5 Å². The number of anilines is 1.